The van der Waals surface area contributed by atoms with E-state index in [0.29, 0.717) is 47.6 Å². The lowest BCUT2D eigenvalue weighted by Gasteiger charge is -2.32. The lowest BCUT2D eigenvalue weighted by molar-refractivity contribution is -0.143. The molecule has 6 N–H and O–H groups in total. The van der Waals surface area contributed by atoms with E-state index in [9.17, 15) is 14.7 Å². The van der Waals surface area contributed by atoms with Crippen molar-refractivity contribution in [3.63, 3.8) is 0 Å². The number of oxime groups is 1. The minimum atomic E-state index is -0.754. The molecule has 13 nitrogen and oxygen atoms in total. The van der Waals surface area contributed by atoms with E-state index in [2.05, 4.69) is 20.4 Å². The quantitative estimate of drug-likeness (QED) is 0.0838. The Labute approximate surface area is 285 Å². The van der Waals surface area contributed by atoms with Gasteiger partial charge in [-0.15, -0.1) is 24.8 Å². The molecule has 1 aromatic heterocycles. The van der Waals surface area contributed by atoms with E-state index in [-0.39, 0.29) is 61.1 Å². The number of carboxylic acids is 1. The molecular formula is C32H43Cl2N7O6. The number of carbonyl (C=O) groups is 2. The summed E-state index contributed by atoms with van der Waals surface area (Å²) in [6, 6.07) is 11.7. The molecule has 2 heterocycles. The van der Waals surface area contributed by atoms with Crippen molar-refractivity contribution in [3.8, 4) is 11.5 Å². The molecule has 5 rings (SSSR count). The van der Waals surface area contributed by atoms with Gasteiger partial charge in [-0.2, -0.15) is 0 Å². The van der Waals surface area contributed by atoms with Crippen LogP contribution >= 0.6 is 24.8 Å². The number of carbonyl (C=O) groups excluding carboxylic acids is 1. The molecule has 2 aromatic carbocycles. The molecule has 1 aliphatic carbocycles. The van der Waals surface area contributed by atoms with Gasteiger partial charge in [0.2, 0.25) is 5.91 Å². The van der Waals surface area contributed by atoms with Crippen molar-refractivity contribution in [3.05, 3.63) is 54.4 Å². The molecule has 3 aromatic rings. The van der Waals surface area contributed by atoms with Crippen LogP contribution in [0.3, 0.4) is 0 Å². The minimum absolute atomic E-state index is 0. The smallest absolute Gasteiger partial charge is 0.306 e. The predicted molar refractivity (Wildman–Crippen MR) is 182 cm³/mol. The number of nitrogens with two attached hydrogens (primary N) is 1. The van der Waals surface area contributed by atoms with Gasteiger partial charge in [0, 0.05) is 38.0 Å². The Hall–Kier alpha value is -4.23. The van der Waals surface area contributed by atoms with Crippen LogP contribution < -0.4 is 20.5 Å². The summed E-state index contributed by atoms with van der Waals surface area (Å²) in [6.07, 6.45) is 6.09. The fraction of sp³-hybridized carbons (Fsp3) is 0.469. The normalized spacial score (nSPS) is 19.2. The van der Waals surface area contributed by atoms with E-state index in [1.165, 1.54) is 0 Å². The monoisotopic (exact) mass is 691 g/mol. The van der Waals surface area contributed by atoms with Crippen molar-refractivity contribution in [2.24, 2.45) is 22.7 Å². The number of nitrogens with one attached hydrogen (secondary N) is 2. The van der Waals surface area contributed by atoms with E-state index in [1.54, 1.807) is 36.0 Å². The third kappa shape index (κ3) is 9.41. The number of halogens is 2. The number of aliphatic carboxylic acids is 1. The average Bonchev–Trinajstić information content (AvgIpc) is 3.47. The van der Waals surface area contributed by atoms with Crippen molar-refractivity contribution >= 4 is 59.4 Å². The molecule has 2 fully saturated rings. The Morgan fingerprint density at radius 2 is 1.72 bits per heavy atom. The number of imidazole rings is 1. The summed E-state index contributed by atoms with van der Waals surface area (Å²) in [6.45, 7) is 3.90. The van der Waals surface area contributed by atoms with Crippen LogP contribution in [0.25, 0.3) is 11.0 Å². The zero-order chi connectivity index (χ0) is 31.9. The zero-order valence-corrected chi connectivity index (χ0v) is 27.8. The number of benzene rings is 2. The molecule has 15 heteroatoms. The number of aromatic nitrogens is 2. The first kappa shape index (κ1) is 37.2. The second-order valence-corrected chi connectivity index (χ2v) is 11.8. The molecular weight excluding hydrogens is 649 g/mol. The number of amides is 1. The summed E-state index contributed by atoms with van der Waals surface area (Å²) in [5.74, 6) is 0.772. The first-order valence-electron chi connectivity index (χ1n) is 15.4. The van der Waals surface area contributed by atoms with Gasteiger partial charge in [-0.1, -0.05) is 5.16 Å². The second kappa shape index (κ2) is 17.1. The molecule has 1 atom stereocenters. The number of hydrogen-bond acceptors (Lipinski definition) is 8. The number of nitrogens with zero attached hydrogens (tertiary/aromatic N) is 4. The highest BCUT2D eigenvalue weighted by Gasteiger charge is 2.28. The molecule has 256 valence electrons. The molecule has 0 spiro atoms. The molecule has 1 saturated carbocycles. The number of likely N-dealkylation sites (tertiary alicyclic amines) is 1. The summed E-state index contributed by atoms with van der Waals surface area (Å²) < 4.78 is 14.0. The van der Waals surface area contributed by atoms with Crippen LogP contribution in [0.5, 0.6) is 11.5 Å². The van der Waals surface area contributed by atoms with Gasteiger partial charge in [-0.25, -0.2) is 4.98 Å². The Kier molecular flexibility index (Phi) is 13.5. The van der Waals surface area contributed by atoms with E-state index in [0.717, 1.165) is 44.5 Å². The van der Waals surface area contributed by atoms with E-state index in [1.807, 2.05) is 24.3 Å². The third-order valence-corrected chi connectivity index (χ3v) is 8.83. The summed E-state index contributed by atoms with van der Waals surface area (Å²) >= 11 is 0. The van der Waals surface area contributed by atoms with Crippen LogP contribution in [0.15, 0.2) is 53.9 Å². The van der Waals surface area contributed by atoms with E-state index >= 15 is 0 Å². The maximum absolute atomic E-state index is 13.6. The first-order chi connectivity index (χ1) is 21.7. The first-order valence-corrected chi connectivity index (χ1v) is 15.4. The third-order valence-electron chi connectivity index (χ3n) is 8.83. The van der Waals surface area contributed by atoms with Crippen molar-refractivity contribution < 1.29 is 29.4 Å². The number of piperidine rings is 1. The second-order valence-electron chi connectivity index (χ2n) is 11.8. The Balaban J connectivity index is 0.00000300. The van der Waals surface area contributed by atoms with Gasteiger partial charge in [0.1, 0.15) is 30.3 Å². The molecule has 47 heavy (non-hydrogen) atoms. The van der Waals surface area contributed by atoms with Crippen molar-refractivity contribution in [1.82, 2.24) is 19.8 Å². The predicted octanol–water partition coefficient (Wildman–Crippen LogP) is 4.44. The molecule has 1 unspecified atom stereocenters. The fourth-order valence-electron chi connectivity index (χ4n) is 6.05. The molecule has 1 amide bonds. The SMILES string of the molecule is CC(=N)N1CCC(Oc2ccc(OCC(C(=O)NCC3CCC(C(=O)O)CC3)n3cnc4cc(C(N)=NO)ccc43)cc2)CC1.Cl.Cl. The minimum Gasteiger partial charge on any atom is -0.491 e. The van der Waals surface area contributed by atoms with Crippen LogP contribution in [-0.4, -0.2) is 80.7 Å². The van der Waals surface area contributed by atoms with Crippen molar-refractivity contribution in [2.75, 3.05) is 26.2 Å². The molecule has 1 aliphatic heterocycles. The van der Waals surface area contributed by atoms with Gasteiger partial charge >= 0.3 is 5.97 Å². The average molecular weight is 693 g/mol. The summed E-state index contributed by atoms with van der Waals surface area (Å²) in [4.78, 5) is 31.5. The van der Waals surface area contributed by atoms with Gasteiger partial charge in [-0.3, -0.25) is 15.0 Å². The van der Waals surface area contributed by atoms with Gasteiger partial charge in [0.25, 0.3) is 0 Å². The molecule has 0 radical (unpaired) electrons. The molecule has 2 aliphatic rings. The van der Waals surface area contributed by atoms with Gasteiger partial charge in [0.05, 0.1) is 29.1 Å². The van der Waals surface area contributed by atoms with Crippen LogP contribution in [0, 0.1) is 17.2 Å². The summed E-state index contributed by atoms with van der Waals surface area (Å²) in [5, 5.41) is 32.3. The maximum atomic E-state index is 13.6. The number of hydrogen-bond donors (Lipinski definition) is 5. The van der Waals surface area contributed by atoms with Crippen molar-refractivity contribution in [1.29, 1.82) is 5.41 Å². The van der Waals surface area contributed by atoms with Crippen LogP contribution in [-0.2, 0) is 9.59 Å². The van der Waals surface area contributed by atoms with E-state index in [4.69, 9.17) is 25.8 Å². The Morgan fingerprint density at radius 3 is 2.34 bits per heavy atom. The maximum Gasteiger partial charge on any atom is 0.306 e. The highest BCUT2D eigenvalue weighted by molar-refractivity contribution is 5.99. The topological polar surface area (TPSA) is 188 Å². The Bertz CT molecular complexity index is 1530. The van der Waals surface area contributed by atoms with Gasteiger partial charge < -0.3 is 40.3 Å². The summed E-state index contributed by atoms with van der Waals surface area (Å²) in [7, 11) is 0. The highest BCUT2D eigenvalue weighted by Crippen LogP contribution is 2.29. The summed E-state index contributed by atoms with van der Waals surface area (Å²) in [5.41, 5.74) is 7.52. The van der Waals surface area contributed by atoms with Crippen LogP contribution in [0.2, 0.25) is 0 Å². The lowest BCUT2D eigenvalue weighted by atomic mass is 9.82. The zero-order valence-electron chi connectivity index (χ0n) is 26.2. The van der Waals surface area contributed by atoms with Gasteiger partial charge in [-0.05, 0) is 81.0 Å². The molecule has 1 saturated heterocycles. The lowest BCUT2D eigenvalue weighted by Crippen LogP contribution is -2.40. The largest absolute Gasteiger partial charge is 0.491 e. The number of amidine groups is 2. The molecule has 0 bridgehead atoms. The number of fused-ring (bicyclic) bond motifs is 1. The van der Waals surface area contributed by atoms with Gasteiger partial charge in [0.15, 0.2) is 5.84 Å². The van der Waals surface area contributed by atoms with Crippen LogP contribution in [0.4, 0.5) is 0 Å². The van der Waals surface area contributed by atoms with E-state index < -0.39 is 12.0 Å². The highest BCUT2D eigenvalue weighted by atomic mass is 35.5. The standard InChI is InChI=1S/C32H41N7O6.2ClH/c1-20(33)38-14-12-26(13-15-38)45-25-9-7-24(8-10-25)44-18-29(31(40)35-17-21-2-4-22(5-3-21)32(41)42)39-19-36-27-16-23(30(34)37-43)6-11-28(27)39;;/h6-11,16,19,21-22,26,29,33,43H,2-5,12-15,17-18H2,1H3,(H2,34,37)(H,35,40)(H,41,42);2*1H. The number of ether oxygens (including phenoxy) is 2. The van der Waals surface area contributed by atoms with Crippen LogP contribution in [0.1, 0.15) is 57.1 Å². The van der Waals surface area contributed by atoms with Crippen molar-refractivity contribution in [2.45, 2.75) is 57.6 Å². The number of rotatable bonds is 11. The number of carboxylic acid groups (broad SMARTS) is 1. The fourth-order valence-corrected chi connectivity index (χ4v) is 6.05. The Morgan fingerprint density at radius 1 is 1.06 bits per heavy atom.